The molecule has 0 saturated carbocycles. The van der Waals surface area contributed by atoms with Gasteiger partial charge in [0.25, 0.3) is 0 Å². The molecule has 1 aromatic rings. The van der Waals surface area contributed by atoms with E-state index in [1.807, 2.05) is 25.2 Å². The third kappa shape index (κ3) is 4.00. The van der Waals surface area contributed by atoms with Gasteiger partial charge in [0, 0.05) is 20.3 Å². The second-order valence-corrected chi connectivity index (χ2v) is 4.92. The van der Waals surface area contributed by atoms with Crippen molar-refractivity contribution in [2.24, 2.45) is 5.92 Å². The Kier molecular flexibility index (Phi) is 5.42. The molecule has 1 rings (SSSR count). The summed E-state index contributed by atoms with van der Waals surface area (Å²) < 4.78 is 0. The molecule has 0 bridgehead atoms. The third-order valence-corrected chi connectivity index (χ3v) is 3.32. The molecule has 0 aliphatic rings. The lowest BCUT2D eigenvalue weighted by molar-refractivity contribution is 0.453. The van der Waals surface area contributed by atoms with Crippen LogP contribution >= 0.6 is 0 Å². The largest absolute Gasteiger partial charge is 0.363 e. The first kappa shape index (κ1) is 14.0. The van der Waals surface area contributed by atoms with E-state index in [0.717, 1.165) is 18.9 Å². The van der Waals surface area contributed by atoms with E-state index in [9.17, 15) is 0 Å². The van der Waals surface area contributed by atoms with E-state index in [-0.39, 0.29) is 0 Å². The molecule has 2 unspecified atom stereocenters. The lowest BCUT2D eigenvalue weighted by Gasteiger charge is -2.21. The van der Waals surface area contributed by atoms with E-state index in [4.69, 9.17) is 0 Å². The summed E-state index contributed by atoms with van der Waals surface area (Å²) in [6.07, 6.45) is 2.00. The molecule has 0 aliphatic carbocycles. The number of pyridine rings is 1. The molecule has 2 atom stereocenters. The fourth-order valence-corrected chi connectivity index (χ4v) is 1.81. The molecule has 1 aromatic heterocycles. The molecule has 0 radical (unpaired) electrons. The third-order valence-electron chi connectivity index (χ3n) is 3.32. The molecule has 0 saturated heterocycles. The standard InChI is InChI=1S/C14H25N3/c1-6-15-9-11(2)12(3)13-7-8-14(16-10-13)17(4)5/h7-8,10-12,15H,6,9H2,1-5H3. The molecular formula is C14H25N3. The van der Waals surface area contributed by atoms with Crippen molar-refractivity contribution in [1.29, 1.82) is 0 Å². The number of aromatic nitrogens is 1. The van der Waals surface area contributed by atoms with Gasteiger partial charge in [-0.05, 0) is 36.6 Å². The summed E-state index contributed by atoms with van der Waals surface area (Å²) in [5, 5.41) is 3.40. The van der Waals surface area contributed by atoms with Crippen LogP contribution < -0.4 is 10.2 Å². The van der Waals surface area contributed by atoms with Crippen LogP contribution in [0.2, 0.25) is 0 Å². The van der Waals surface area contributed by atoms with Gasteiger partial charge in [-0.25, -0.2) is 4.98 Å². The zero-order chi connectivity index (χ0) is 12.8. The normalized spacial score (nSPS) is 14.4. The van der Waals surface area contributed by atoms with Gasteiger partial charge in [0.15, 0.2) is 0 Å². The smallest absolute Gasteiger partial charge is 0.127 e. The number of hydrogen-bond acceptors (Lipinski definition) is 3. The van der Waals surface area contributed by atoms with Crippen LogP contribution in [-0.2, 0) is 0 Å². The summed E-state index contributed by atoms with van der Waals surface area (Å²) >= 11 is 0. The molecule has 1 N–H and O–H groups in total. The van der Waals surface area contributed by atoms with E-state index in [1.54, 1.807) is 0 Å². The Hall–Kier alpha value is -1.09. The topological polar surface area (TPSA) is 28.2 Å². The Bertz CT molecular complexity index is 319. The van der Waals surface area contributed by atoms with Crippen LogP contribution in [0.1, 0.15) is 32.3 Å². The summed E-state index contributed by atoms with van der Waals surface area (Å²) in [5.74, 6) is 2.18. The minimum Gasteiger partial charge on any atom is -0.363 e. The molecule has 0 spiro atoms. The summed E-state index contributed by atoms with van der Waals surface area (Å²) in [6.45, 7) is 8.80. The van der Waals surface area contributed by atoms with Crippen LogP contribution in [0.15, 0.2) is 18.3 Å². The molecule has 0 aromatic carbocycles. The van der Waals surface area contributed by atoms with Crippen molar-refractivity contribution in [3.05, 3.63) is 23.9 Å². The first-order valence-electron chi connectivity index (χ1n) is 6.40. The number of anilines is 1. The quantitative estimate of drug-likeness (QED) is 0.821. The van der Waals surface area contributed by atoms with E-state index >= 15 is 0 Å². The number of hydrogen-bond donors (Lipinski definition) is 1. The Balaban J connectivity index is 2.65. The van der Waals surface area contributed by atoms with Gasteiger partial charge < -0.3 is 10.2 Å². The molecule has 0 amide bonds. The summed E-state index contributed by atoms with van der Waals surface area (Å²) in [7, 11) is 4.03. The van der Waals surface area contributed by atoms with Gasteiger partial charge >= 0.3 is 0 Å². The minimum atomic E-state index is 0.540. The summed E-state index contributed by atoms with van der Waals surface area (Å²) in [5.41, 5.74) is 1.32. The predicted octanol–water partition coefficient (Wildman–Crippen LogP) is 2.50. The van der Waals surface area contributed by atoms with Gasteiger partial charge in [-0.15, -0.1) is 0 Å². The van der Waals surface area contributed by atoms with Crippen molar-refractivity contribution in [1.82, 2.24) is 10.3 Å². The van der Waals surface area contributed by atoms with E-state index in [1.165, 1.54) is 5.56 Å². The van der Waals surface area contributed by atoms with Gasteiger partial charge in [-0.1, -0.05) is 26.8 Å². The fourth-order valence-electron chi connectivity index (χ4n) is 1.81. The van der Waals surface area contributed by atoms with Crippen molar-refractivity contribution in [2.75, 3.05) is 32.1 Å². The molecule has 3 nitrogen and oxygen atoms in total. The minimum absolute atomic E-state index is 0.540. The second kappa shape index (κ2) is 6.60. The predicted molar refractivity (Wildman–Crippen MR) is 74.7 cm³/mol. The maximum atomic E-state index is 4.47. The number of rotatable bonds is 6. The van der Waals surface area contributed by atoms with Crippen molar-refractivity contribution in [3.63, 3.8) is 0 Å². The van der Waals surface area contributed by atoms with Gasteiger partial charge in [0.2, 0.25) is 0 Å². The zero-order valence-electron chi connectivity index (χ0n) is 11.7. The SMILES string of the molecule is CCNCC(C)C(C)c1ccc(N(C)C)nc1. The van der Waals surface area contributed by atoms with Gasteiger partial charge in [-0.2, -0.15) is 0 Å². The lowest BCUT2D eigenvalue weighted by atomic mass is 9.90. The van der Waals surface area contributed by atoms with E-state index in [0.29, 0.717) is 11.8 Å². The van der Waals surface area contributed by atoms with Crippen LogP contribution in [0, 0.1) is 5.92 Å². The van der Waals surface area contributed by atoms with Crippen LogP contribution in [0.25, 0.3) is 0 Å². The fraction of sp³-hybridized carbons (Fsp3) is 0.643. The molecule has 0 aliphatic heterocycles. The Morgan fingerprint density at radius 1 is 1.29 bits per heavy atom. The van der Waals surface area contributed by atoms with Crippen LogP contribution in [0.4, 0.5) is 5.82 Å². The molecule has 96 valence electrons. The average molecular weight is 235 g/mol. The molecule has 1 heterocycles. The highest BCUT2D eigenvalue weighted by molar-refractivity contribution is 5.37. The van der Waals surface area contributed by atoms with E-state index in [2.05, 4.69) is 43.2 Å². The van der Waals surface area contributed by atoms with Crippen LogP contribution in [-0.4, -0.2) is 32.2 Å². The highest BCUT2D eigenvalue weighted by Crippen LogP contribution is 2.24. The average Bonchev–Trinajstić information content (AvgIpc) is 2.35. The lowest BCUT2D eigenvalue weighted by Crippen LogP contribution is -2.24. The monoisotopic (exact) mass is 235 g/mol. The number of nitrogens with zero attached hydrogens (tertiary/aromatic N) is 2. The van der Waals surface area contributed by atoms with E-state index < -0.39 is 0 Å². The molecule has 0 fully saturated rings. The Morgan fingerprint density at radius 2 is 2.00 bits per heavy atom. The van der Waals surface area contributed by atoms with Crippen molar-refractivity contribution < 1.29 is 0 Å². The molecule has 17 heavy (non-hydrogen) atoms. The first-order valence-corrected chi connectivity index (χ1v) is 6.40. The Morgan fingerprint density at radius 3 is 2.47 bits per heavy atom. The van der Waals surface area contributed by atoms with Crippen LogP contribution in [0.5, 0.6) is 0 Å². The van der Waals surface area contributed by atoms with Crippen LogP contribution in [0.3, 0.4) is 0 Å². The second-order valence-electron chi connectivity index (χ2n) is 4.92. The first-order chi connectivity index (χ1) is 8.06. The molecule has 3 heteroatoms. The van der Waals surface area contributed by atoms with Crippen molar-refractivity contribution in [2.45, 2.75) is 26.7 Å². The van der Waals surface area contributed by atoms with Gasteiger partial charge in [0.1, 0.15) is 5.82 Å². The maximum absolute atomic E-state index is 4.47. The maximum Gasteiger partial charge on any atom is 0.127 e. The van der Waals surface area contributed by atoms with Crippen molar-refractivity contribution >= 4 is 5.82 Å². The Labute approximate surface area is 105 Å². The summed E-state index contributed by atoms with van der Waals surface area (Å²) in [6, 6.07) is 4.28. The summed E-state index contributed by atoms with van der Waals surface area (Å²) in [4.78, 5) is 6.49. The van der Waals surface area contributed by atoms with Gasteiger partial charge in [0.05, 0.1) is 0 Å². The van der Waals surface area contributed by atoms with Gasteiger partial charge in [-0.3, -0.25) is 0 Å². The highest BCUT2D eigenvalue weighted by atomic mass is 15.1. The number of nitrogens with one attached hydrogen (secondary N) is 1. The zero-order valence-corrected chi connectivity index (χ0v) is 11.7. The highest BCUT2D eigenvalue weighted by Gasteiger charge is 2.14. The molecular weight excluding hydrogens is 210 g/mol. The van der Waals surface area contributed by atoms with Crippen molar-refractivity contribution in [3.8, 4) is 0 Å².